The molecule has 5 rings (SSSR count). The molecule has 12 heteroatoms. The molecule has 0 spiro atoms. The molecule has 1 fully saturated rings. The summed E-state index contributed by atoms with van der Waals surface area (Å²) in [6.45, 7) is 2.02. The Morgan fingerprint density at radius 2 is 1.72 bits per heavy atom. The van der Waals surface area contributed by atoms with E-state index >= 15 is 0 Å². The maximum Gasteiger partial charge on any atom is 0.255 e. The predicted molar refractivity (Wildman–Crippen MR) is 175 cm³/mol. The minimum atomic E-state index is -1.12. The molecule has 5 amide bonds. The predicted octanol–water partition coefficient (Wildman–Crippen LogP) is 2.16. The summed E-state index contributed by atoms with van der Waals surface area (Å²) in [6.07, 6.45) is 5.50. The van der Waals surface area contributed by atoms with Crippen molar-refractivity contribution in [3.05, 3.63) is 72.1 Å². The normalized spacial score (nSPS) is 20.7. The van der Waals surface area contributed by atoms with Crippen molar-refractivity contribution in [1.29, 1.82) is 0 Å². The highest BCUT2D eigenvalue weighted by atomic mass is 16.5. The fraction of sp³-hybridized carbons (Fsp3) is 0.429. The summed E-state index contributed by atoms with van der Waals surface area (Å²) in [5, 5.41) is 7.89. The number of pyridine rings is 1. The van der Waals surface area contributed by atoms with Crippen molar-refractivity contribution in [3.8, 4) is 5.75 Å². The molecule has 47 heavy (non-hydrogen) atoms. The number of likely N-dealkylation sites (N-methyl/N-ethyl adjacent to an activating group) is 2. The van der Waals surface area contributed by atoms with Crippen molar-refractivity contribution in [3.63, 3.8) is 0 Å². The number of fused-ring (bicyclic) bond motifs is 4. The largest absolute Gasteiger partial charge is 0.490 e. The number of nitrogens with one attached hydrogen (secondary N) is 2. The van der Waals surface area contributed by atoms with Gasteiger partial charge in [0.05, 0.1) is 30.8 Å². The summed E-state index contributed by atoms with van der Waals surface area (Å²) in [5.41, 5.74) is 1.03. The van der Waals surface area contributed by atoms with Crippen LogP contribution in [0.15, 0.2) is 60.9 Å². The highest BCUT2D eigenvalue weighted by Crippen LogP contribution is 2.22. The highest BCUT2D eigenvalue weighted by Gasteiger charge is 2.38. The maximum atomic E-state index is 13.8. The minimum absolute atomic E-state index is 0.0268. The van der Waals surface area contributed by atoms with Gasteiger partial charge in [0.15, 0.2) is 0 Å². The Balaban J connectivity index is 1.37. The van der Waals surface area contributed by atoms with E-state index < -0.39 is 23.8 Å². The van der Waals surface area contributed by atoms with Crippen LogP contribution in [0.4, 0.5) is 0 Å². The van der Waals surface area contributed by atoms with Gasteiger partial charge in [-0.15, -0.1) is 0 Å². The fourth-order valence-corrected chi connectivity index (χ4v) is 6.11. The number of carbonyl (C=O) groups is 5. The Bertz CT molecular complexity index is 1650. The third-order valence-corrected chi connectivity index (χ3v) is 8.62. The Morgan fingerprint density at radius 3 is 2.51 bits per heavy atom. The van der Waals surface area contributed by atoms with Crippen LogP contribution >= 0.6 is 0 Å². The average Bonchev–Trinajstić information content (AvgIpc) is 3.47. The minimum Gasteiger partial charge on any atom is -0.490 e. The van der Waals surface area contributed by atoms with Gasteiger partial charge in [-0.3, -0.25) is 29.0 Å². The van der Waals surface area contributed by atoms with Gasteiger partial charge in [-0.1, -0.05) is 55.8 Å². The summed E-state index contributed by atoms with van der Waals surface area (Å²) < 4.78 is 6.01. The molecule has 3 atom stereocenters. The lowest BCUT2D eigenvalue weighted by atomic mass is 10.0. The van der Waals surface area contributed by atoms with Crippen LogP contribution in [0.1, 0.15) is 48.5 Å². The lowest BCUT2D eigenvalue weighted by Crippen LogP contribution is -2.55. The summed E-state index contributed by atoms with van der Waals surface area (Å²) in [7, 11) is 3.04. The fourth-order valence-electron chi connectivity index (χ4n) is 6.11. The van der Waals surface area contributed by atoms with Gasteiger partial charge in [0.1, 0.15) is 18.4 Å². The van der Waals surface area contributed by atoms with E-state index in [-0.39, 0.29) is 62.1 Å². The zero-order chi connectivity index (χ0) is 33.5. The molecule has 2 bridgehead atoms. The SMILES string of the molecule is CCCCC(=O)N[C@H]1C[C@H]2COc3cncc(c3)C(=O)N(C)C[C@H](NC(=O)Cc3ccc4ccccc4c3)C(=O)N(C)CC(=O)N2C1. The first-order valence-electron chi connectivity index (χ1n) is 16.1. The second-order valence-corrected chi connectivity index (χ2v) is 12.4. The Kier molecular flexibility index (Phi) is 10.7. The Morgan fingerprint density at radius 1 is 0.936 bits per heavy atom. The molecule has 2 aromatic carbocycles. The molecule has 0 unspecified atom stereocenters. The molecule has 0 aliphatic carbocycles. The Hall–Kier alpha value is -5.00. The van der Waals surface area contributed by atoms with Crippen LogP contribution in [0.3, 0.4) is 0 Å². The van der Waals surface area contributed by atoms with Crippen molar-refractivity contribution in [2.45, 2.75) is 57.2 Å². The molecule has 0 saturated carbocycles. The van der Waals surface area contributed by atoms with Crippen LogP contribution in [-0.2, 0) is 25.6 Å². The number of ether oxygens (including phenoxy) is 1. The monoisotopic (exact) mass is 642 g/mol. The first-order chi connectivity index (χ1) is 22.6. The summed E-state index contributed by atoms with van der Waals surface area (Å²) in [4.78, 5) is 75.1. The van der Waals surface area contributed by atoms with E-state index in [0.29, 0.717) is 18.6 Å². The number of nitrogens with zero attached hydrogens (tertiary/aromatic N) is 4. The second-order valence-electron chi connectivity index (χ2n) is 12.4. The molecular weight excluding hydrogens is 600 g/mol. The van der Waals surface area contributed by atoms with Crippen molar-refractivity contribution < 1.29 is 28.7 Å². The number of hydrogen-bond acceptors (Lipinski definition) is 7. The topological polar surface area (TPSA) is 141 Å². The Labute approximate surface area is 274 Å². The number of benzene rings is 2. The molecule has 1 saturated heterocycles. The third-order valence-electron chi connectivity index (χ3n) is 8.62. The van der Waals surface area contributed by atoms with Crippen molar-refractivity contribution in [2.75, 3.05) is 40.3 Å². The molecule has 12 nitrogen and oxygen atoms in total. The third kappa shape index (κ3) is 8.43. The molecule has 2 aliphatic heterocycles. The van der Waals surface area contributed by atoms with Crippen LogP contribution in [0, 0.1) is 0 Å². The number of amides is 5. The molecular formula is C35H42N6O6. The van der Waals surface area contributed by atoms with Gasteiger partial charge in [0, 0.05) is 45.8 Å². The van der Waals surface area contributed by atoms with E-state index in [4.69, 9.17) is 4.74 Å². The lowest BCUT2D eigenvalue weighted by Gasteiger charge is -2.30. The summed E-state index contributed by atoms with van der Waals surface area (Å²) in [5.74, 6) is -1.33. The molecule has 248 valence electrons. The van der Waals surface area contributed by atoms with Gasteiger partial charge >= 0.3 is 0 Å². The zero-order valence-corrected chi connectivity index (χ0v) is 27.1. The molecule has 1 aromatic heterocycles. The van der Waals surface area contributed by atoms with Crippen molar-refractivity contribution in [1.82, 2.24) is 30.3 Å². The van der Waals surface area contributed by atoms with E-state index in [2.05, 4.69) is 15.6 Å². The number of unbranched alkanes of at least 4 members (excludes halogenated alkanes) is 1. The van der Waals surface area contributed by atoms with Gasteiger partial charge in [0.25, 0.3) is 5.91 Å². The number of aromatic nitrogens is 1. The molecule has 0 radical (unpaired) electrons. The molecule has 3 heterocycles. The first-order valence-corrected chi connectivity index (χ1v) is 16.1. The number of carbonyl (C=O) groups excluding carboxylic acids is 5. The average molecular weight is 643 g/mol. The van der Waals surface area contributed by atoms with E-state index in [1.54, 1.807) is 18.0 Å². The van der Waals surface area contributed by atoms with Crippen molar-refractivity contribution in [2.24, 2.45) is 0 Å². The van der Waals surface area contributed by atoms with E-state index in [1.807, 2.05) is 49.4 Å². The molecule has 2 aliphatic rings. The highest BCUT2D eigenvalue weighted by molar-refractivity contribution is 5.96. The van der Waals surface area contributed by atoms with E-state index in [1.165, 1.54) is 29.2 Å². The zero-order valence-electron chi connectivity index (χ0n) is 27.1. The quantitative estimate of drug-likeness (QED) is 0.403. The van der Waals surface area contributed by atoms with Crippen LogP contribution in [0.5, 0.6) is 5.75 Å². The molecule has 3 aromatic rings. The standard InChI is InChI=1S/C35H42N6O6/c1-4-5-10-31(42)37-27-16-28-22-47-29-15-26(17-36-18-29)34(45)39(2)20-30(35(46)40(3)21-33(44)41(28)19-27)38-32(43)14-23-11-12-24-8-6-7-9-25(24)13-23/h6-9,11-13,15,17-18,27-28,30H,4-5,10,14,16,19-22H2,1-3H3,(H,37,42)(H,38,43)/t27-,28-,30-/m0/s1. The number of hydrogen-bond donors (Lipinski definition) is 2. The maximum absolute atomic E-state index is 13.8. The van der Waals surface area contributed by atoms with Crippen LogP contribution in [0.2, 0.25) is 0 Å². The second kappa shape index (κ2) is 15.1. The van der Waals surface area contributed by atoms with Crippen LogP contribution in [0.25, 0.3) is 10.8 Å². The van der Waals surface area contributed by atoms with E-state index in [9.17, 15) is 24.0 Å². The van der Waals surface area contributed by atoms with Gasteiger partial charge in [-0.2, -0.15) is 0 Å². The van der Waals surface area contributed by atoms with Gasteiger partial charge < -0.3 is 30.1 Å². The molecule has 2 N–H and O–H groups in total. The summed E-state index contributed by atoms with van der Waals surface area (Å²) >= 11 is 0. The van der Waals surface area contributed by atoms with Gasteiger partial charge in [-0.25, -0.2) is 0 Å². The van der Waals surface area contributed by atoms with E-state index in [0.717, 1.165) is 29.2 Å². The van der Waals surface area contributed by atoms with Crippen LogP contribution < -0.4 is 15.4 Å². The first kappa shape index (κ1) is 33.4. The summed E-state index contributed by atoms with van der Waals surface area (Å²) in [6, 6.07) is 13.4. The van der Waals surface area contributed by atoms with Gasteiger partial charge in [0.2, 0.25) is 23.6 Å². The smallest absolute Gasteiger partial charge is 0.255 e. The lowest BCUT2D eigenvalue weighted by molar-refractivity contribution is -0.142. The van der Waals surface area contributed by atoms with Crippen molar-refractivity contribution >= 4 is 40.3 Å². The van der Waals surface area contributed by atoms with Crippen LogP contribution in [-0.4, -0.2) is 108 Å². The number of rotatable bonds is 7. The van der Waals surface area contributed by atoms with Gasteiger partial charge in [-0.05, 0) is 35.2 Å².